The van der Waals surface area contributed by atoms with Crippen molar-refractivity contribution in [3.63, 3.8) is 0 Å². The van der Waals surface area contributed by atoms with E-state index < -0.39 is 0 Å². The molecule has 20 heavy (non-hydrogen) atoms. The number of aromatic nitrogens is 2. The highest BCUT2D eigenvalue weighted by Crippen LogP contribution is 2.31. The molecule has 2 aromatic rings. The summed E-state index contributed by atoms with van der Waals surface area (Å²) in [5.74, 6) is 2.04. The molecule has 0 saturated heterocycles. The first-order valence-corrected chi connectivity index (χ1v) is 6.95. The average molecular weight is 269 g/mol. The minimum absolute atomic E-state index is 0.0348. The average Bonchev–Trinajstić information content (AvgIpc) is 2.46. The number of fused-ring (bicyclic) bond motifs is 1. The summed E-state index contributed by atoms with van der Waals surface area (Å²) in [6.07, 6.45) is 2.77. The van der Waals surface area contributed by atoms with Crippen molar-refractivity contribution in [1.29, 1.82) is 0 Å². The van der Waals surface area contributed by atoms with Crippen molar-refractivity contribution in [2.24, 2.45) is 5.73 Å². The fraction of sp³-hybridized carbons (Fsp3) is 0.375. The quantitative estimate of drug-likeness (QED) is 0.910. The molecule has 2 N–H and O–H groups in total. The zero-order valence-corrected chi connectivity index (χ0v) is 11.8. The summed E-state index contributed by atoms with van der Waals surface area (Å²) in [5, 5.41) is 0. The van der Waals surface area contributed by atoms with Crippen molar-refractivity contribution < 1.29 is 4.74 Å². The Morgan fingerprint density at radius 2 is 2.15 bits per heavy atom. The van der Waals surface area contributed by atoms with Crippen molar-refractivity contribution in [2.45, 2.75) is 32.2 Å². The Morgan fingerprint density at radius 1 is 1.35 bits per heavy atom. The Labute approximate surface area is 119 Å². The van der Waals surface area contributed by atoms with Gasteiger partial charge in [0, 0.05) is 23.5 Å². The fourth-order valence-corrected chi connectivity index (χ4v) is 2.63. The smallest absolute Gasteiger partial charge is 0.135 e. The third-order valence-corrected chi connectivity index (χ3v) is 3.77. The lowest BCUT2D eigenvalue weighted by Crippen LogP contribution is -2.22. The number of para-hydroxylation sites is 1. The molecule has 0 aliphatic carbocycles. The molecule has 104 valence electrons. The van der Waals surface area contributed by atoms with E-state index in [1.165, 1.54) is 5.56 Å². The van der Waals surface area contributed by atoms with E-state index in [0.717, 1.165) is 29.3 Å². The van der Waals surface area contributed by atoms with E-state index in [2.05, 4.69) is 16.0 Å². The van der Waals surface area contributed by atoms with Crippen LogP contribution < -0.4 is 10.5 Å². The number of ether oxygens (including phenoxy) is 1. The number of nitrogens with zero attached hydrogens (tertiary/aromatic N) is 2. The van der Waals surface area contributed by atoms with E-state index in [0.29, 0.717) is 6.61 Å². The largest absolute Gasteiger partial charge is 0.493 e. The summed E-state index contributed by atoms with van der Waals surface area (Å²) in [6.45, 7) is 4.57. The molecule has 0 spiro atoms. The van der Waals surface area contributed by atoms with Crippen molar-refractivity contribution >= 4 is 0 Å². The van der Waals surface area contributed by atoms with Crippen molar-refractivity contribution in [3.05, 3.63) is 53.1 Å². The van der Waals surface area contributed by atoms with Gasteiger partial charge in [0.15, 0.2) is 0 Å². The van der Waals surface area contributed by atoms with Crippen LogP contribution in [-0.2, 0) is 6.42 Å². The second kappa shape index (κ2) is 5.21. The number of rotatable bonds is 2. The van der Waals surface area contributed by atoms with Gasteiger partial charge in [-0.2, -0.15) is 0 Å². The van der Waals surface area contributed by atoms with Crippen LogP contribution in [0, 0.1) is 6.92 Å². The van der Waals surface area contributed by atoms with Crippen LogP contribution in [-0.4, -0.2) is 16.6 Å². The van der Waals surface area contributed by atoms with Crippen molar-refractivity contribution in [3.8, 4) is 5.75 Å². The molecule has 0 saturated carbocycles. The second-order valence-electron chi connectivity index (χ2n) is 5.38. The number of aryl methyl sites for hydroxylation is 1. The monoisotopic (exact) mass is 269 g/mol. The number of hydrogen-bond acceptors (Lipinski definition) is 4. The Morgan fingerprint density at radius 3 is 2.90 bits per heavy atom. The molecule has 1 aliphatic heterocycles. The Hall–Kier alpha value is -1.94. The molecule has 0 radical (unpaired) electrons. The minimum atomic E-state index is -0.0348. The Balaban J connectivity index is 1.86. The molecular weight excluding hydrogens is 250 g/mol. The number of benzene rings is 1. The molecular formula is C16H19N3O. The summed E-state index contributed by atoms with van der Waals surface area (Å²) in [5.41, 5.74) is 9.09. The lowest BCUT2D eigenvalue weighted by Gasteiger charge is -2.24. The second-order valence-corrected chi connectivity index (χ2v) is 5.38. The molecule has 0 bridgehead atoms. The van der Waals surface area contributed by atoms with E-state index in [1.54, 1.807) is 0 Å². The third-order valence-electron chi connectivity index (χ3n) is 3.77. The van der Waals surface area contributed by atoms with E-state index in [4.69, 9.17) is 10.5 Å². The van der Waals surface area contributed by atoms with Crippen molar-refractivity contribution in [1.82, 2.24) is 9.97 Å². The van der Waals surface area contributed by atoms with Crippen LogP contribution in [0.5, 0.6) is 5.75 Å². The maximum Gasteiger partial charge on any atom is 0.135 e. The van der Waals surface area contributed by atoms with Crippen LogP contribution in [0.2, 0.25) is 0 Å². The van der Waals surface area contributed by atoms with Crippen molar-refractivity contribution in [2.75, 3.05) is 6.61 Å². The maximum atomic E-state index is 5.90. The predicted molar refractivity (Wildman–Crippen MR) is 77.8 cm³/mol. The first kappa shape index (κ1) is 13.1. The van der Waals surface area contributed by atoms with Gasteiger partial charge in [-0.15, -0.1) is 0 Å². The molecule has 2 heterocycles. The summed E-state index contributed by atoms with van der Waals surface area (Å²) in [7, 11) is 0. The maximum absolute atomic E-state index is 5.90. The summed E-state index contributed by atoms with van der Waals surface area (Å²) >= 11 is 0. The van der Waals surface area contributed by atoms with Crippen LogP contribution in [0.3, 0.4) is 0 Å². The van der Waals surface area contributed by atoms with Gasteiger partial charge in [0.25, 0.3) is 0 Å². The lowest BCUT2D eigenvalue weighted by atomic mass is 9.96. The molecule has 1 aromatic heterocycles. The highest BCUT2D eigenvalue weighted by atomic mass is 16.5. The molecule has 4 nitrogen and oxygen atoms in total. The number of nitrogens with two attached hydrogens (primary N) is 1. The highest BCUT2D eigenvalue weighted by Gasteiger charge is 2.23. The van der Waals surface area contributed by atoms with Crippen LogP contribution in [0.25, 0.3) is 0 Å². The molecule has 1 aromatic carbocycles. The van der Waals surface area contributed by atoms with Gasteiger partial charge in [-0.3, -0.25) is 0 Å². The van der Waals surface area contributed by atoms with Gasteiger partial charge in [0.05, 0.1) is 12.5 Å². The predicted octanol–water partition coefficient (Wildman–Crippen LogP) is 2.52. The fourth-order valence-electron chi connectivity index (χ4n) is 2.63. The molecule has 2 atom stereocenters. The van der Waals surface area contributed by atoms with E-state index >= 15 is 0 Å². The Kier molecular flexibility index (Phi) is 3.40. The van der Waals surface area contributed by atoms with Crippen LogP contribution in [0.15, 0.2) is 30.5 Å². The van der Waals surface area contributed by atoms with Gasteiger partial charge < -0.3 is 10.5 Å². The molecule has 3 rings (SSSR count). The SMILES string of the molecule is Cc1nc(C2COc3ccccc3C2)ncc1C(C)N. The highest BCUT2D eigenvalue weighted by molar-refractivity contribution is 5.36. The zero-order chi connectivity index (χ0) is 14.1. The minimum Gasteiger partial charge on any atom is -0.493 e. The van der Waals surface area contributed by atoms with Crippen LogP contribution in [0.4, 0.5) is 0 Å². The van der Waals surface area contributed by atoms with Gasteiger partial charge in [-0.05, 0) is 31.9 Å². The van der Waals surface area contributed by atoms with E-state index in [9.17, 15) is 0 Å². The summed E-state index contributed by atoms with van der Waals surface area (Å²) in [4.78, 5) is 9.11. The third kappa shape index (κ3) is 2.39. The van der Waals surface area contributed by atoms with Gasteiger partial charge in [-0.1, -0.05) is 18.2 Å². The number of hydrogen-bond donors (Lipinski definition) is 1. The van der Waals surface area contributed by atoms with Crippen LogP contribution >= 0.6 is 0 Å². The normalized spacial score (nSPS) is 19.1. The summed E-state index contributed by atoms with van der Waals surface area (Å²) in [6, 6.07) is 8.11. The van der Waals surface area contributed by atoms with Gasteiger partial charge >= 0.3 is 0 Å². The molecule has 0 amide bonds. The zero-order valence-electron chi connectivity index (χ0n) is 11.8. The molecule has 4 heteroatoms. The molecule has 2 unspecified atom stereocenters. The van der Waals surface area contributed by atoms with Gasteiger partial charge in [0.2, 0.25) is 0 Å². The van der Waals surface area contributed by atoms with Crippen LogP contribution in [0.1, 0.15) is 41.5 Å². The molecule has 0 fully saturated rings. The lowest BCUT2D eigenvalue weighted by molar-refractivity contribution is 0.257. The van der Waals surface area contributed by atoms with Gasteiger partial charge in [0.1, 0.15) is 11.6 Å². The van der Waals surface area contributed by atoms with E-state index in [-0.39, 0.29) is 12.0 Å². The first-order valence-electron chi connectivity index (χ1n) is 6.95. The van der Waals surface area contributed by atoms with E-state index in [1.807, 2.05) is 38.2 Å². The summed E-state index contributed by atoms with van der Waals surface area (Å²) < 4.78 is 5.80. The molecule has 1 aliphatic rings. The standard InChI is InChI=1S/C16H19N3O/c1-10(17)14-8-18-16(19-11(14)2)13-7-12-5-3-4-6-15(12)20-9-13/h3-6,8,10,13H,7,9,17H2,1-2H3. The topological polar surface area (TPSA) is 61.0 Å². The van der Waals surface area contributed by atoms with Gasteiger partial charge in [-0.25, -0.2) is 9.97 Å². The Bertz CT molecular complexity index is 625. The first-order chi connectivity index (χ1) is 9.65.